The van der Waals surface area contributed by atoms with Crippen LogP contribution in [0.3, 0.4) is 0 Å². The molecule has 1 nitrogen and oxygen atoms in total. The molecule has 0 aromatic rings. The zero-order valence-corrected chi connectivity index (χ0v) is 11.1. The van der Waals surface area contributed by atoms with E-state index in [0.717, 1.165) is 0 Å². The molecule has 0 aromatic carbocycles. The van der Waals surface area contributed by atoms with Crippen molar-refractivity contribution in [3.8, 4) is 0 Å². The number of rotatable bonds is 0. The van der Waals surface area contributed by atoms with Crippen LogP contribution in [-0.4, -0.2) is 10.7 Å². The first-order chi connectivity index (χ1) is 3.73. The van der Waals surface area contributed by atoms with Gasteiger partial charge >= 0.3 is 0 Å². The summed E-state index contributed by atoms with van der Waals surface area (Å²) in [7, 11) is 0. The summed E-state index contributed by atoms with van der Waals surface area (Å²) in [6.07, 6.45) is 0. The minimum atomic E-state index is -0.500. The molecule has 0 aromatic heterocycles. The first-order valence-electron chi connectivity index (χ1n) is 3.22. The third-order valence-electron chi connectivity index (χ3n) is 0. The quantitative estimate of drug-likeness (QED) is 0.466. The fourth-order valence-electron chi connectivity index (χ4n) is 0. The molecule has 10 heavy (non-hydrogen) atoms. The summed E-state index contributed by atoms with van der Waals surface area (Å²) in [6, 6.07) is 0. The molecular weight excluding hydrogens is 177 g/mol. The largest absolute Gasteiger partial charge is 0.391 e. The molecule has 0 amide bonds. The second-order valence-corrected chi connectivity index (χ2v) is 3.67. The zero-order valence-electron chi connectivity index (χ0n) is 8.15. The van der Waals surface area contributed by atoms with Gasteiger partial charge in [-0.3, -0.25) is 0 Å². The smallest absolute Gasteiger partial charge is 0.0563 e. The van der Waals surface area contributed by atoms with Gasteiger partial charge in [-0.05, 0) is 20.8 Å². The molecule has 0 saturated carbocycles. The molecule has 0 unspecified atom stereocenters. The van der Waals surface area contributed by atoms with Gasteiger partial charge in [0.05, 0.1) is 5.60 Å². The third-order valence-corrected chi connectivity index (χ3v) is 0. The molecule has 60 valence electrons. The Balaban J connectivity index is -0.0000000910. The fourth-order valence-corrected chi connectivity index (χ4v) is 0. The van der Waals surface area contributed by atoms with E-state index in [1.807, 2.05) is 0 Å². The molecule has 0 spiro atoms. The summed E-state index contributed by atoms with van der Waals surface area (Å²) < 4.78 is 0. The van der Waals surface area contributed by atoms with Gasteiger partial charge in [0.2, 0.25) is 0 Å². The summed E-state index contributed by atoms with van der Waals surface area (Å²) in [4.78, 5) is 0. The second kappa shape index (κ2) is 7.69. The van der Waals surface area contributed by atoms with Gasteiger partial charge in [0, 0.05) is 19.5 Å². The SMILES string of the molecule is CC(C)(C)O.C[C-](C)C.[Zn]. The minimum Gasteiger partial charge on any atom is -0.391 e. The van der Waals surface area contributed by atoms with E-state index in [9.17, 15) is 0 Å². The standard InChI is InChI=1S/C4H10O.C4H9.Zn/c1-4(2,3)5;1-4(2)3;/h5H,1-3H3;1-3H3;/q;-1;. The van der Waals surface area contributed by atoms with E-state index >= 15 is 0 Å². The van der Waals surface area contributed by atoms with E-state index in [-0.39, 0.29) is 19.5 Å². The van der Waals surface area contributed by atoms with Gasteiger partial charge in [-0.1, -0.05) is 0 Å². The van der Waals surface area contributed by atoms with E-state index < -0.39 is 5.60 Å². The van der Waals surface area contributed by atoms with Crippen molar-refractivity contribution in [2.75, 3.05) is 0 Å². The van der Waals surface area contributed by atoms with Crippen molar-refractivity contribution in [3.63, 3.8) is 0 Å². The molecule has 0 aliphatic heterocycles. The maximum absolute atomic E-state index is 8.52. The molecule has 0 saturated heterocycles. The molecular formula is C8H19OZn-. The van der Waals surface area contributed by atoms with Crippen LogP contribution >= 0.6 is 0 Å². The van der Waals surface area contributed by atoms with Crippen molar-refractivity contribution in [2.45, 2.75) is 47.1 Å². The Morgan fingerprint density at radius 3 is 1.00 bits per heavy atom. The third kappa shape index (κ3) is 1450. The van der Waals surface area contributed by atoms with Crippen molar-refractivity contribution >= 4 is 0 Å². The summed E-state index contributed by atoms with van der Waals surface area (Å²) in [6.45, 7) is 11.5. The Hall–Kier alpha value is 0.583. The van der Waals surface area contributed by atoms with Gasteiger partial charge in [0.15, 0.2) is 0 Å². The first kappa shape index (κ1) is 16.9. The number of hydrogen-bond donors (Lipinski definition) is 1. The van der Waals surface area contributed by atoms with Gasteiger partial charge in [0.25, 0.3) is 0 Å². The molecule has 0 rings (SSSR count). The zero-order chi connectivity index (χ0) is 8.08. The minimum absolute atomic E-state index is 0. The van der Waals surface area contributed by atoms with E-state index in [0.29, 0.717) is 0 Å². The topological polar surface area (TPSA) is 20.2 Å². The molecule has 2 heteroatoms. The van der Waals surface area contributed by atoms with Crippen molar-refractivity contribution in [3.05, 3.63) is 5.92 Å². The monoisotopic (exact) mass is 195 g/mol. The van der Waals surface area contributed by atoms with Gasteiger partial charge in [0.1, 0.15) is 0 Å². The van der Waals surface area contributed by atoms with Crippen LogP contribution in [0.15, 0.2) is 0 Å². The van der Waals surface area contributed by atoms with Crippen LogP contribution in [0.2, 0.25) is 0 Å². The Morgan fingerprint density at radius 2 is 1.00 bits per heavy atom. The summed E-state index contributed by atoms with van der Waals surface area (Å²) in [5.74, 6) is 1.42. The van der Waals surface area contributed by atoms with Gasteiger partial charge in [-0.2, -0.15) is 20.8 Å². The van der Waals surface area contributed by atoms with Crippen LogP contribution in [0, 0.1) is 5.92 Å². The van der Waals surface area contributed by atoms with E-state index in [1.165, 1.54) is 5.92 Å². The van der Waals surface area contributed by atoms with Crippen LogP contribution in [0.4, 0.5) is 0 Å². The fraction of sp³-hybridized carbons (Fsp3) is 0.875. The Morgan fingerprint density at radius 1 is 1.00 bits per heavy atom. The van der Waals surface area contributed by atoms with Crippen LogP contribution in [0.5, 0.6) is 0 Å². The summed E-state index contributed by atoms with van der Waals surface area (Å²) >= 11 is 0. The van der Waals surface area contributed by atoms with Crippen LogP contribution < -0.4 is 0 Å². The van der Waals surface area contributed by atoms with E-state index in [1.54, 1.807) is 20.8 Å². The molecule has 0 atom stereocenters. The predicted octanol–water partition coefficient (Wildman–Crippen LogP) is 2.40. The summed E-state index contributed by atoms with van der Waals surface area (Å²) in [5.41, 5.74) is -0.500. The normalized spacial score (nSPS) is 9.60. The average molecular weight is 197 g/mol. The molecule has 0 radical (unpaired) electrons. The average Bonchev–Trinajstić information content (AvgIpc) is 1.19. The number of aliphatic hydroxyl groups is 1. The molecule has 0 aliphatic rings. The molecule has 1 N–H and O–H groups in total. The van der Waals surface area contributed by atoms with Gasteiger partial charge < -0.3 is 11.0 Å². The molecule has 0 heterocycles. The van der Waals surface area contributed by atoms with E-state index in [2.05, 4.69) is 20.8 Å². The van der Waals surface area contributed by atoms with Crippen molar-refractivity contribution in [1.29, 1.82) is 0 Å². The second-order valence-electron chi connectivity index (χ2n) is 3.67. The van der Waals surface area contributed by atoms with E-state index in [4.69, 9.17) is 5.11 Å². The van der Waals surface area contributed by atoms with Crippen LogP contribution in [0.25, 0.3) is 0 Å². The first-order valence-corrected chi connectivity index (χ1v) is 3.22. The maximum atomic E-state index is 8.52. The van der Waals surface area contributed by atoms with Crippen LogP contribution in [-0.2, 0) is 19.5 Å². The van der Waals surface area contributed by atoms with Gasteiger partial charge in [-0.25, -0.2) is 0 Å². The van der Waals surface area contributed by atoms with Crippen molar-refractivity contribution in [1.82, 2.24) is 0 Å². The van der Waals surface area contributed by atoms with Crippen molar-refractivity contribution < 1.29 is 24.6 Å². The molecule has 0 bridgehead atoms. The Kier molecular flexibility index (Phi) is 13.0. The Labute approximate surface area is 78.0 Å². The molecule has 0 fully saturated rings. The number of hydrogen-bond acceptors (Lipinski definition) is 1. The summed E-state index contributed by atoms with van der Waals surface area (Å²) in [5, 5.41) is 8.52. The molecule has 0 aliphatic carbocycles. The van der Waals surface area contributed by atoms with Crippen LogP contribution in [0.1, 0.15) is 41.5 Å². The van der Waals surface area contributed by atoms with Gasteiger partial charge in [-0.15, -0.1) is 0 Å². The maximum Gasteiger partial charge on any atom is 0.0563 e. The van der Waals surface area contributed by atoms with Crippen molar-refractivity contribution in [2.24, 2.45) is 0 Å². The Bertz CT molecular complexity index is 46.0. The predicted molar refractivity (Wildman–Crippen MR) is 42.2 cm³/mol.